The highest BCUT2D eigenvalue weighted by molar-refractivity contribution is 6.30. The van der Waals surface area contributed by atoms with Crippen molar-refractivity contribution in [1.82, 2.24) is 0 Å². The zero-order chi connectivity index (χ0) is 13.0. The molecular weight excluding hydrogens is 250 g/mol. The van der Waals surface area contributed by atoms with Crippen LogP contribution in [0.2, 0.25) is 5.02 Å². The van der Waals surface area contributed by atoms with E-state index in [9.17, 15) is 4.79 Å². The fraction of sp³-hybridized carbons (Fsp3) is 0. The molecular formula is C14H8ClNO2. The number of rotatable bonds is 2. The number of hydrogen-bond acceptors (Lipinski definition) is 3. The summed E-state index contributed by atoms with van der Waals surface area (Å²) in [6.07, 6.45) is 0. The second-order valence-electron chi connectivity index (χ2n) is 3.54. The summed E-state index contributed by atoms with van der Waals surface area (Å²) in [5.74, 6) is -0.0961. The normalized spacial score (nSPS) is 9.56. The van der Waals surface area contributed by atoms with Crippen LogP contribution < -0.4 is 4.74 Å². The number of nitrogens with zero attached hydrogens (tertiary/aromatic N) is 1. The zero-order valence-corrected chi connectivity index (χ0v) is 10.0. The number of carbonyl (C=O) groups excluding carboxylic acids is 1. The van der Waals surface area contributed by atoms with Crippen LogP contribution in [0.25, 0.3) is 0 Å². The maximum Gasteiger partial charge on any atom is 0.343 e. The summed E-state index contributed by atoms with van der Waals surface area (Å²) < 4.78 is 5.15. The van der Waals surface area contributed by atoms with Gasteiger partial charge in [-0.1, -0.05) is 17.7 Å². The van der Waals surface area contributed by atoms with Crippen LogP contribution >= 0.6 is 11.6 Å². The van der Waals surface area contributed by atoms with Gasteiger partial charge in [0.25, 0.3) is 0 Å². The first-order chi connectivity index (χ1) is 8.69. The van der Waals surface area contributed by atoms with E-state index in [0.29, 0.717) is 21.9 Å². The number of esters is 1. The Balaban J connectivity index is 2.14. The number of benzene rings is 2. The van der Waals surface area contributed by atoms with Crippen molar-refractivity contribution in [3.8, 4) is 11.8 Å². The van der Waals surface area contributed by atoms with E-state index in [0.717, 1.165) is 0 Å². The van der Waals surface area contributed by atoms with Gasteiger partial charge in [0.2, 0.25) is 0 Å². The van der Waals surface area contributed by atoms with Gasteiger partial charge >= 0.3 is 5.97 Å². The number of halogens is 1. The van der Waals surface area contributed by atoms with Crippen LogP contribution in [0, 0.1) is 11.3 Å². The number of ether oxygens (including phenoxy) is 1. The topological polar surface area (TPSA) is 50.1 Å². The molecule has 0 spiro atoms. The van der Waals surface area contributed by atoms with Crippen molar-refractivity contribution in [1.29, 1.82) is 5.26 Å². The monoisotopic (exact) mass is 257 g/mol. The highest BCUT2D eigenvalue weighted by atomic mass is 35.5. The number of hydrogen-bond donors (Lipinski definition) is 0. The van der Waals surface area contributed by atoms with E-state index in [1.54, 1.807) is 42.5 Å². The number of carbonyl (C=O) groups is 1. The Morgan fingerprint density at radius 1 is 1.17 bits per heavy atom. The molecule has 0 unspecified atom stereocenters. The van der Waals surface area contributed by atoms with Gasteiger partial charge in [-0.25, -0.2) is 4.79 Å². The van der Waals surface area contributed by atoms with Crippen molar-refractivity contribution in [3.63, 3.8) is 0 Å². The summed E-state index contributed by atoms with van der Waals surface area (Å²) >= 11 is 5.79. The smallest absolute Gasteiger partial charge is 0.343 e. The highest BCUT2D eigenvalue weighted by Gasteiger charge is 2.08. The first-order valence-corrected chi connectivity index (χ1v) is 5.55. The third kappa shape index (κ3) is 2.88. The molecule has 0 aliphatic carbocycles. The van der Waals surface area contributed by atoms with Crippen molar-refractivity contribution in [2.75, 3.05) is 0 Å². The molecule has 0 radical (unpaired) electrons. The average molecular weight is 258 g/mol. The van der Waals surface area contributed by atoms with E-state index in [4.69, 9.17) is 21.6 Å². The average Bonchev–Trinajstić information content (AvgIpc) is 2.39. The van der Waals surface area contributed by atoms with Crippen LogP contribution in [0.15, 0.2) is 48.5 Å². The molecule has 88 valence electrons. The fourth-order valence-corrected chi connectivity index (χ4v) is 1.57. The predicted octanol–water partition coefficient (Wildman–Crippen LogP) is 3.43. The van der Waals surface area contributed by atoms with Gasteiger partial charge in [0.1, 0.15) is 5.75 Å². The summed E-state index contributed by atoms with van der Waals surface area (Å²) in [4.78, 5) is 11.8. The Morgan fingerprint density at radius 3 is 2.50 bits per heavy atom. The van der Waals surface area contributed by atoms with Gasteiger partial charge in [-0.2, -0.15) is 5.26 Å². The minimum atomic E-state index is -0.484. The van der Waals surface area contributed by atoms with Gasteiger partial charge in [0.05, 0.1) is 17.2 Å². The largest absolute Gasteiger partial charge is 0.423 e. The van der Waals surface area contributed by atoms with Gasteiger partial charge in [-0.05, 0) is 42.5 Å². The predicted molar refractivity (Wildman–Crippen MR) is 67.6 cm³/mol. The molecule has 0 atom stereocenters. The third-order valence-corrected chi connectivity index (χ3v) is 2.49. The van der Waals surface area contributed by atoms with Crippen LogP contribution in [0.5, 0.6) is 5.75 Å². The Labute approximate surface area is 109 Å². The Kier molecular flexibility index (Phi) is 3.61. The van der Waals surface area contributed by atoms with E-state index in [1.165, 1.54) is 6.07 Å². The molecule has 4 heteroatoms. The Hall–Kier alpha value is -2.31. The van der Waals surface area contributed by atoms with E-state index < -0.39 is 5.97 Å². The van der Waals surface area contributed by atoms with Crippen LogP contribution in [0.3, 0.4) is 0 Å². The number of nitriles is 1. The van der Waals surface area contributed by atoms with E-state index in [2.05, 4.69) is 0 Å². The van der Waals surface area contributed by atoms with Crippen molar-refractivity contribution in [3.05, 3.63) is 64.7 Å². The molecule has 3 nitrogen and oxygen atoms in total. The third-order valence-electron chi connectivity index (χ3n) is 2.25. The lowest BCUT2D eigenvalue weighted by molar-refractivity contribution is 0.0735. The molecule has 0 N–H and O–H groups in total. The molecule has 0 saturated carbocycles. The highest BCUT2D eigenvalue weighted by Crippen LogP contribution is 2.16. The molecule has 0 fully saturated rings. The maximum atomic E-state index is 11.8. The van der Waals surface area contributed by atoms with Gasteiger partial charge in [0, 0.05) is 5.02 Å². The first kappa shape index (κ1) is 12.2. The molecule has 0 heterocycles. The van der Waals surface area contributed by atoms with E-state index in [-0.39, 0.29) is 0 Å². The van der Waals surface area contributed by atoms with Crippen molar-refractivity contribution in [2.24, 2.45) is 0 Å². The minimum Gasteiger partial charge on any atom is -0.423 e. The summed E-state index contributed by atoms with van der Waals surface area (Å²) in [5, 5.41) is 9.12. The van der Waals surface area contributed by atoms with Gasteiger partial charge in [-0.3, -0.25) is 0 Å². The molecule has 0 aliphatic rings. The van der Waals surface area contributed by atoms with Gasteiger partial charge in [-0.15, -0.1) is 0 Å². The molecule has 0 amide bonds. The van der Waals surface area contributed by atoms with E-state index in [1.807, 2.05) is 6.07 Å². The molecule has 2 aromatic rings. The summed E-state index contributed by atoms with van der Waals surface area (Å²) in [6.45, 7) is 0. The molecule has 2 aromatic carbocycles. The summed E-state index contributed by atoms with van der Waals surface area (Å²) in [5.41, 5.74) is 0.893. The van der Waals surface area contributed by atoms with Gasteiger partial charge in [0.15, 0.2) is 0 Å². The molecule has 18 heavy (non-hydrogen) atoms. The van der Waals surface area contributed by atoms with Crippen molar-refractivity contribution in [2.45, 2.75) is 0 Å². The Morgan fingerprint density at radius 2 is 1.89 bits per heavy atom. The lowest BCUT2D eigenvalue weighted by Crippen LogP contribution is -2.08. The second kappa shape index (κ2) is 5.35. The van der Waals surface area contributed by atoms with Crippen molar-refractivity contribution >= 4 is 17.6 Å². The van der Waals surface area contributed by atoms with E-state index >= 15 is 0 Å². The molecule has 0 saturated heterocycles. The molecule has 0 bridgehead atoms. The van der Waals surface area contributed by atoms with Crippen molar-refractivity contribution < 1.29 is 9.53 Å². The summed E-state index contributed by atoms with van der Waals surface area (Å²) in [7, 11) is 0. The van der Waals surface area contributed by atoms with Crippen LogP contribution in [0.1, 0.15) is 15.9 Å². The maximum absolute atomic E-state index is 11.8. The molecule has 0 aromatic heterocycles. The van der Waals surface area contributed by atoms with Crippen LogP contribution in [-0.2, 0) is 0 Å². The SMILES string of the molecule is N#Cc1ccc(OC(=O)c2cccc(Cl)c2)cc1. The standard InChI is InChI=1S/C14H8ClNO2/c15-12-3-1-2-11(8-12)14(17)18-13-6-4-10(9-16)5-7-13/h1-8H. The minimum absolute atomic E-state index is 0.381. The first-order valence-electron chi connectivity index (χ1n) is 5.17. The van der Waals surface area contributed by atoms with Gasteiger partial charge < -0.3 is 4.74 Å². The fourth-order valence-electron chi connectivity index (χ4n) is 1.38. The van der Waals surface area contributed by atoms with Crippen LogP contribution in [0.4, 0.5) is 0 Å². The second-order valence-corrected chi connectivity index (χ2v) is 3.97. The van der Waals surface area contributed by atoms with Crippen LogP contribution in [-0.4, -0.2) is 5.97 Å². The summed E-state index contributed by atoms with van der Waals surface area (Å²) in [6, 6.07) is 14.8. The lowest BCUT2D eigenvalue weighted by atomic mass is 10.2. The lowest BCUT2D eigenvalue weighted by Gasteiger charge is -2.04. The zero-order valence-electron chi connectivity index (χ0n) is 9.26. The Bertz CT molecular complexity index is 614. The quantitative estimate of drug-likeness (QED) is 0.612. The molecule has 2 rings (SSSR count). The molecule has 0 aliphatic heterocycles.